The van der Waals surface area contributed by atoms with Crippen molar-refractivity contribution in [2.45, 2.75) is 19.3 Å². The van der Waals surface area contributed by atoms with E-state index in [1.54, 1.807) is 24.4 Å². The molecule has 0 saturated heterocycles. The normalized spacial score (nSPS) is 11.8. The average molecular weight is 560 g/mol. The summed E-state index contributed by atoms with van der Waals surface area (Å²) in [5.74, 6) is -3.67. The number of carboxylic acid groups (broad SMARTS) is 1. The number of alkyl halides is 6. The SMILES string of the molecule is Cc1ccc(-c2c(C(N)=O)cccc2C(F)(F)F)cc1-c1ccc2c(c1)[nH]c1ncncc12.O=C(O)C(F)(F)F. The standard InChI is InChI=1S/C25H17F3N4O.C2HF3O2/c1-13-5-6-15(22-17(23(29)33)3-2-4-20(22)25(26,27)28)9-18(13)14-7-8-16-19-11-30-12-31-24(19)32-21(16)10-14;3-2(4,5)1(6)7/h2-12H,1H3,(H2,29,33)(H,30,31,32);(H,6,7). The van der Waals surface area contributed by atoms with Gasteiger partial charge in [0, 0.05) is 33.6 Å². The van der Waals surface area contributed by atoms with Gasteiger partial charge in [-0.2, -0.15) is 26.3 Å². The Morgan fingerprint density at radius 3 is 2.23 bits per heavy atom. The number of nitrogens with zero attached hydrogens (tertiary/aromatic N) is 2. The summed E-state index contributed by atoms with van der Waals surface area (Å²) in [5, 5.41) is 8.95. The van der Waals surface area contributed by atoms with Gasteiger partial charge in [0.15, 0.2) is 0 Å². The van der Waals surface area contributed by atoms with Crippen LogP contribution in [0.25, 0.3) is 44.2 Å². The highest BCUT2D eigenvalue weighted by Gasteiger charge is 2.38. The highest BCUT2D eigenvalue weighted by atomic mass is 19.4. The van der Waals surface area contributed by atoms with E-state index in [4.69, 9.17) is 15.6 Å². The lowest BCUT2D eigenvalue weighted by Gasteiger charge is -2.17. The van der Waals surface area contributed by atoms with Crippen LogP contribution in [0.3, 0.4) is 0 Å². The van der Waals surface area contributed by atoms with E-state index in [0.717, 1.165) is 39.0 Å². The van der Waals surface area contributed by atoms with E-state index in [9.17, 15) is 31.1 Å². The first kappa shape index (κ1) is 28.1. The minimum absolute atomic E-state index is 0.177. The number of rotatable bonds is 3. The molecule has 0 saturated carbocycles. The van der Waals surface area contributed by atoms with E-state index in [1.807, 2.05) is 25.1 Å². The van der Waals surface area contributed by atoms with Crippen LogP contribution in [0.4, 0.5) is 26.3 Å². The van der Waals surface area contributed by atoms with Crippen LogP contribution in [-0.2, 0) is 11.0 Å². The number of carbonyl (C=O) groups is 2. The third kappa shape index (κ3) is 5.58. The molecule has 206 valence electrons. The number of halogens is 6. The maximum absolute atomic E-state index is 13.8. The van der Waals surface area contributed by atoms with E-state index in [0.29, 0.717) is 5.65 Å². The number of primary amides is 1. The van der Waals surface area contributed by atoms with Crippen LogP contribution in [0.15, 0.2) is 67.1 Å². The zero-order valence-corrected chi connectivity index (χ0v) is 20.4. The third-order valence-corrected chi connectivity index (χ3v) is 5.99. The molecule has 3 aromatic carbocycles. The molecule has 0 bridgehead atoms. The summed E-state index contributed by atoms with van der Waals surface area (Å²) in [5.41, 5.74) is 8.35. The first-order chi connectivity index (χ1) is 18.7. The van der Waals surface area contributed by atoms with Gasteiger partial charge < -0.3 is 15.8 Å². The van der Waals surface area contributed by atoms with Crippen molar-refractivity contribution in [3.63, 3.8) is 0 Å². The Hall–Kier alpha value is -4.94. The molecule has 1 amide bonds. The predicted octanol–water partition coefficient (Wildman–Crippen LogP) is 6.50. The molecular formula is C27H18F6N4O3. The van der Waals surface area contributed by atoms with Gasteiger partial charge in [-0.25, -0.2) is 14.8 Å². The summed E-state index contributed by atoms with van der Waals surface area (Å²) >= 11 is 0. The Labute approximate surface area is 221 Å². The van der Waals surface area contributed by atoms with Crippen molar-refractivity contribution in [3.05, 3.63) is 83.8 Å². The van der Waals surface area contributed by atoms with Crippen molar-refractivity contribution in [1.29, 1.82) is 0 Å². The Kier molecular flexibility index (Phi) is 7.24. The fourth-order valence-corrected chi connectivity index (χ4v) is 4.20. The van der Waals surface area contributed by atoms with Gasteiger partial charge in [0.25, 0.3) is 0 Å². The topological polar surface area (TPSA) is 122 Å². The lowest BCUT2D eigenvalue weighted by Crippen LogP contribution is -2.21. The van der Waals surface area contributed by atoms with Gasteiger partial charge in [-0.05, 0) is 53.4 Å². The van der Waals surface area contributed by atoms with Crippen LogP contribution >= 0.6 is 0 Å². The second kappa shape index (κ2) is 10.3. The quantitative estimate of drug-likeness (QED) is 0.217. The molecule has 0 fully saturated rings. The minimum atomic E-state index is -5.08. The number of aromatic nitrogens is 3. The van der Waals surface area contributed by atoms with Gasteiger partial charge >= 0.3 is 18.3 Å². The van der Waals surface area contributed by atoms with Gasteiger partial charge in [-0.3, -0.25) is 4.79 Å². The molecule has 2 aromatic heterocycles. The minimum Gasteiger partial charge on any atom is -0.475 e. The molecule has 0 unspecified atom stereocenters. The lowest BCUT2D eigenvalue weighted by atomic mass is 9.89. The molecule has 4 N–H and O–H groups in total. The summed E-state index contributed by atoms with van der Waals surface area (Å²) in [6.07, 6.45) is -6.54. The molecule has 13 heteroatoms. The molecule has 5 rings (SSSR count). The van der Waals surface area contributed by atoms with E-state index in [1.165, 1.54) is 18.5 Å². The zero-order valence-electron chi connectivity index (χ0n) is 20.4. The third-order valence-electron chi connectivity index (χ3n) is 5.99. The number of aliphatic carboxylic acids is 1. The first-order valence-corrected chi connectivity index (χ1v) is 11.3. The second-order valence-corrected chi connectivity index (χ2v) is 8.59. The van der Waals surface area contributed by atoms with Gasteiger partial charge in [0.1, 0.15) is 12.0 Å². The van der Waals surface area contributed by atoms with Gasteiger partial charge in [-0.15, -0.1) is 0 Å². The van der Waals surface area contributed by atoms with Crippen LogP contribution in [0, 0.1) is 6.92 Å². The van der Waals surface area contributed by atoms with Gasteiger partial charge in [0.2, 0.25) is 5.91 Å². The number of nitrogens with two attached hydrogens (primary N) is 1. The van der Waals surface area contributed by atoms with Crippen LogP contribution in [0.2, 0.25) is 0 Å². The molecule has 0 aliphatic heterocycles. The van der Waals surface area contributed by atoms with Crippen molar-refractivity contribution in [2.75, 3.05) is 0 Å². The predicted molar refractivity (Wildman–Crippen MR) is 134 cm³/mol. The van der Waals surface area contributed by atoms with Gasteiger partial charge in [-0.1, -0.05) is 30.3 Å². The van der Waals surface area contributed by atoms with Crippen LogP contribution < -0.4 is 5.73 Å². The zero-order chi connectivity index (χ0) is 29.4. The Morgan fingerprint density at radius 1 is 0.925 bits per heavy atom. The molecular weight excluding hydrogens is 542 g/mol. The highest BCUT2D eigenvalue weighted by molar-refractivity contribution is 6.06. The number of H-pyrrole nitrogens is 1. The fraction of sp³-hybridized carbons (Fsp3) is 0.111. The Morgan fingerprint density at radius 2 is 1.60 bits per heavy atom. The van der Waals surface area contributed by atoms with Crippen molar-refractivity contribution in [2.24, 2.45) is 5.73 Å². The molecule has 2 heterocycles. The number of nitrogens with one attached hydrogen (secondary N) is 1. The first-order valence-electron chi connectivity index (χ1n) is 11.3. The number of aromatic amines is 1. The second-order valence-electron chi connectivity index (χ2n) is 8.59. The van der Waals surface area contributed by atoms with Crippen LogP contribution in [0.5, 0.6) is 0 Å². The van der Waals surface area contributed by atoms with E-state index >= 15 is 0 Å². The number of aryl methyl sites for hydroxylation is 1. The molecule has 0 radical (unpaired) electrons. The summed E-state index contributed by atoms with van der Waals surface area (Å²) in [7, 11) is 0. The fourth-order valence-electron chi connectivity index (χ4n) is 4.20. The number of amides is 1. The summed E-state index contributed by atoms with van der Waals surface area (Å²) < 4.78 is 73.1. The molecule has 0 aliphatic rings. The molecule has 0 atom stereocenters. The van der Waals surface area contributed by atoms with Crippen molar-refractivity contribution < 1.29 is 41.0 Å². The highest BCUT2D eigenvalue weighted by Crippen LogP contribution is 2.41. The van der Waals surface area contributed by atoms with E-state index in [2.05, 4.69) is 15.0 Å². The van der Waals surface area contributed by atoms with E-state index in [-0.39, 0.29) is 16.7 Å². The molecule has 0 aliphatic carbocycles. The molecule has 7 nitrogen and oxygen atoms in total. The number of hydrogen-bond donors (Lipinski definition) is 3. The van der Waals surface area contributed by atoms with Gasteiger partial charge in [0.05, 0.1) is 5.56 Å². The van der Waals surface area contributed by atoms with Crippen LogP contribution in [-0.4, -0.2) is 38.1 Å². The number of carbonyl (C=O) groups excluding carboxylic acids is 1. The summed E-state index contributed by atoms with van der Waals surface area (Å²) in [6, 6.07) is 14.2. The Bertz CT molecular complexity index is 1760. The molecule has 40 heavy (non-hydrogen) atoms. The van der Waals surface area contributed by atoms with Crippen molar-refractivity contribution in [1.82, 2.24) is 15.0 Å². The smallest absolute Gasteiger partial charge is 0.475 e. The monoisotopic (exact) mass is 560 g/mol. The van der Waals surface area contributed by atoms with Crippen molar-refractivity contribution in [3.8, 4) is 22.3 Å². The number of fused-ring (bicyclic) bond motifs is 3. The number of hydrogen-bond acceptors (Lipinski definition) is 4. The maximum atomic E-state index is 13.8. The average Bonchev–Trinajstić information content (AvgIpc) is 3.25. The summed E-state index contributed by atoms with van der Waals surface area (Å²) in [6.45, 7) is 1.88. The molecule has 0 spiro atoms. The van der Waals surface area contributed by atoms with Crippen LogP contribution in [0.1, 0.15) is 21.5 Å². The van der Waals surface area contributed by atoms with E-state index < -0.39 is 29.8 Å². The van der Waals surface area contributed by atoms with Crippen molar-refractivity contribution >= 4 is 33.8 Å². The molecule has 5 aromatic rings. The number of benzene rings is 3. The maximum Gasteiger partial charge on any atom is 0.490 e. The summed E-state index contributed by atoms with van der Waals surface area (Å²) in [4.78, 5) is 32.4. The number of carboxylic acids is 1. The lowest BCUT2D eigenvalue weighted by molar-refractivity contribution is -0.192. The Balaban J connectivity index is 0.000000470. The largest absolute Gasteiger partial charge is 0.490 e.